The average Bonchev–Trinajstić information content (AvgIpc) is 2.99. The first-order valence-electron chi connectivity index (χ1n) is 7.54. The number of hydrogen-bond donors (Lipinski definition) is 2. The third kappa shape index (κ3) is 3.12. The quantitative estimate of drug-likeness (QED) is 0.773. The molecule has 0 aliphatic heterocycles. The molecule has 6 heteroatoms. The number of carbonyl (C=O) groups excluding carboxylic acids is 2. The molecule has 0 atom stereocenters. The van der Waals surface area contributed by atoms with Gasteiger partial charge in [-0.2, -0.15) is 0 Å². The number of nitrogens with zero attached hydrogens (tertiary/aromatic N) is 1. The zero-order valence-corrected chi connectivity index (χ0v) is 13.4. The largest absolute Gasteiger partial charge is 0.356 e. The highest BCUT2D eigenvalue weighted by Crippen LogP contribution is 2.20. The first-order chi connectivity index (χ1) is 11.6. The molecule has 24 heavy (non-hydrogen) atoms. The van der Waals surface area contributed by atoms with E-state index in [-0.39, 0.29) is 18.2 Å². The lowest BCUT2D eigenvalue weighted by Gasteiger charge is -2.09. The topological polar surface area (TPSA) is 84.2 Å². The van der Waals surface area contributed by atoms with Gasteiger partial charge in [0.15, 0.2) is 5.58 Å². The number of para-hydroxylation sites is 1. The van der Waals surface area contributed by atoms with Crippen molar-refractivity contribution in [1.82, 2.24) is 10.5 Å². The van der Waals surface area contributed by atoms with Gasteiger partial charge in [0.2, 0.25) is 5.91 Å². The molecule has 0 fully saturated rings. The third-order valence-electron chi connectivity index (χ3n) is 3.78. The Morgan fingerprint density at radius 3 is 2.75 bits per heavy atom. The van der Waals surface area contributed by atoms with Crippen LogP contribution in [0, 0.1) is 6.92 Å². The summed E-state index contributed by atoms with van der Waals surface area (Å²) in [5.74, 6) is -0.417. The molecule has 3 aromatic rings. The van der Waals surface area contributed by atoms with Crippen LogP contribution in [0.4, 0.5) is 5.69 Å². The van der Waals surface area contributed by atoms with Crippen LogP contribution >= 0.6 is 0 Å². The summed E-state index contributed by atoms with van der Waals surface area (Å²) < 4.78 is 5.21. The molecule has 0 saturated heterocycles. The van der Waals surface area contributed by atoms with Crippen molar-refractivity contribution in [3.05, 3.63) is 59.3 Å². The third-order valence-corrected chi connectivity index (χ3v) is 3.78. The van der Waals surface area contributed by atoms with Crippen molar-refractivity contribution < 1.29 is 14.1 Å². The predicted octanol–water partition coefficient (Wildman–Crippen LogP) is 2.68. The van der Waals surface area contributed by atoms with Crippen LogP contribution in [-0.2, 0) is 11.2 Å². The molecule has 1 heterocycles. The van der Waals surface area contributed by atoms with Crippen molar-refractivity contribution in [3.8, 4) is 0 Å². The Hall–Kier alpha value is -3.15. The van der Waals surface area contributed by atoms with Crippen LogP contribution in [0.3, 0.4) is 0 Å². The molecular weight excluding hydrogens is 306 g/mol. The van der Waals surface area contributed by atoms with Gasteiger partial charge in [-0.3, -0.25) is 9.59 Å². The van der Waals surface area contributed by atoms with Gasteiger partial charge in [-0.15, -0.1) is 0 Å². The molecule has 122 valence electrons. The lowest BCUT2D eigenvalue weighted by atomic mass is 10.1. The summed E-state index contributed by atoms with van der Waals surface area (Å²) in [6.45, 7) is 1.87. The minimum Gasteiger partial charge on any atom is -0.356 e. The second-order valence-electron chi connectivity index (χ2n) is 5.46. The Morgan fingerprint density at radius 1 is 1.17 bits per heavy atom. The van der Waals surface area contributed by atoms with Crippen LogP contribution in [0.25, 0.3) is 11.0 Å². The van der Waals surface area contributed by atoms with Crippen LogP contribution in [0.1, 0.15) is 21.6 Å². The number of rotatable bonds is 4. The minimum absolute atomic E-state index is 0.0979. The highest BCUT2D eigenvalue weighted by molar-refractivity contribution is 5.98. The molecule has 0 aliphatic rings. The fourth-order valence-electron chi connectivity index (χ4n) is 2.45. The van der Waals surface area contributed by atoms with Crippen LogP contribution < -0.4 is 10.6 Å². The number of nitrogens with one attached hydrogen (secondary N) is 2. The smallest absolute Gasteiger partial charge is 0.251 e. The predicted molar refractivity (Wildman–Crippen MR) is 90.9 cm³/mol. The zero-order valence-electron chi connectivity index (χ0n) is 13.4. The van der Waals surface area contributed by atoms with E-state index in [4.69, 9.17) is 4.52 Å². The fourth-order valence-corrected chi connectivity index (χ4v) is 2.45. The van der Waals surface area contributed by atoms with Crippen molar-refractivity contribution >= 4 is 28.5 Å². The Kier molecular flexibility index (Phi) is 4.29. The van der Waals surface area contributed by atoms with E-state index in [1.807, 2.05) is 25.1 Å². The van der Waals surface area contributed by atoms with Gasteiger partial charge in [0.1, 0.15) is 5.69 Å². The lowest BCUT2D eigenvalue weighted by molar-refractivity contribution is -0.115. The van der Waals surface area contributed by atoms with Gasteiger partial charge >= 0.3 is 0 Å². The first-order valence-corrected chi connectivity index (χ1v) is 7.54. The van der Waals surface area contributed by atoms with Gasteiger partial charge in [0, 0.05) is 23.7 Å². The summed E-state index contributed by atoms with van der Waals surface area (Å²) >= 11 is 0. The van der Waals surface area contributed by atoms with E-state index >= 15 is 0 Å². The number of anilines is 1. The Balaban J connectivity index is 1.78. The fraction of sp³-hybridized carbons (Fsp3) is 0.167. The molecule has 2 aromatic carbocycles. The summed E-state index contributed by atoms with van der Waals surface area (Å²) in [4.78, 5) is 24.1. The normalized spacial score (nSPS) is 10.6. The van der Waals surface area contributed by atoms with Crippen LogP contribution in [0.15, 0.2) is 47.0 Å². The van der Waals surface area contributed by atoms with Crippen molar-refractivity contribution in [2.75, 3.05) is 12.4 Å². The monoisotopic (exact) mass is 323 g/mol. The number of aryl methyl sites for hydroxylation is 1. The Bertz CT molecular complexity index is 915. The van der Waals surface area contributed by atoms with E-state index in [0.717, 1.165) is 10.9 Å². The number of fused-ring (bicyclic) bond motifs is 1. The number of hydrogen-bond acceptors (Lipinski definition) is 4. The molecule has 0 spiro atoms. The number of aromatic nitrogens is 1. The number of amides is 2. The molecule has 2 amide bonds. The van der Waals surface area contributed by atoms with E-state index in [2.05, 4.69) is 15.8 Å². The lowest BCUT2D eigenvalue weighted by Crippen LogP contribution is -2.19. The summed E-state index contributed by atoms with van der Waals surface area (Å²) in [5.41, 5.74) is 3.21. The van der Waals surface area contributed by atoms with Crippen LogP contribution in [0.5, 0.6) is 0 Å². The number of benzene rings is 2. The first kappa shape index (κ1) is 15.7. The molecule has 0 radical (unpaired) electrons. The second-order valence-corrected chi connectivity index (χ2v) is 5.46. The summed E-state index contributed by atoms with van der Waals surface area (Å²) in [7, 11) is 1.57. The van der Waals surface area contributed by atoms with Gasteiger partial charge in [-0.05, 0) is 36.8 Å². The molecular formula is C18H17N3O3. The van der Waals surface area contributed by atoms with Crippen molar-refractivity contribution in [2.24, 2.45) is 0 Å². The van der Waals surface area contributed by atoms with Crippen molar-refractivity contribution in [2.45, 2.75) is 13.3 Å². The van der Waals surface area contributed by atoms with E-state index in [1.54, 1.807) is 31.3 Å². The molecule has 3 rings (SSSR count). The maximum atomic E-state index is 12.3. The van der Waals surface area contributed by atoms with Crippen molar-refractivity contribution in [1.29, 1.82) is 0 Å². The van der Waals surface area contributed by atoms with Gasteiger partial charge in [-0.1, -0.05) is 23.4 Å². The molecule has 2 N–H and O–H groups in total. The summed E-state index contributed by atoms with van der Waals surface area (Å²) in [5, 5.41) is 10.2. The molecule has 0 saturated carbocycles. The number of carbonyl (C=O) groups is 2. The Labute approximate surface area is 138 Å². The molecule has 0 bridgehead atoms. The van der Waals surface area contributed by atoms with Gasteiger partial charge in [0.25, 0.3) is 5.91 Å². The van der Waals surface area contributed by atoms with Gasteiger partial charge in [0.05, 0.1) is 6.42 Å². The second kappa shape index (κ2) is 6.54. The highest BCUT2D eigenvalue weighted by atomic mass is 16.5. The van der Waals surface area contributed by atoms with E-state index in [9.17, 15) is 9.59 Å². The van der Waals surface area contributed by atoms with Gasteiger partial charge in [-0.25, -0.2) is 0 Å². The van der Waals surface area contributed by atoms with Gasteiger partial charge < -0.3 is 15.2 Å². The van der Waals surface area contributed by atoms with E-state index in [0.29, 0.717) is 22.5 Å². The maximum absolute atomic E-state index is 12.3. The van der Waals surface area contributed by atoms with Crippen LogP contribution in [0.2, 0.25) is 0 Å². The Morgan fingerprint density at radius 2 is 1.96 bits per heavy atom. The maximum Gasteiger partial charge on any atom is 0.251 e. The summed E-state index contributed by atoms with van der Waals surface area (Å²) in [6.07, 6.45) is 0.0979. The van der Waals surface area contributed by atoms with Crippen LogP contribution in [-0.4, -0.2) is 24.0 Å². The van der Waals surface area contributed by atoms with E-state index < -0.39 is 0 Å². The van der Waals surface area contributed by atoms with E-state index in [1.165, 1.54) is 0 Å². The zero-order chi connectivity index (χ0) is 17.1. The summed E-state index contributed by atoms with van der Waals surface area (Å²) in [6, 6.07) is 12.6. The highest BCUT2D eigenvalue weighted by Gasteiger charge is 2.14. The SMILES string of the molecule is CNC(=O)c1ccc(C)c(NC(=O)Cc2noc3ccccc23)c1. The van der Waals surface area contributed by atoms with Crippen molar-refractivity contribution in [3.63, 3.8) is 0 Å². The molecule has 0 aliphatic carbocycles. The standard InChI is InChI=1S/C18H17N3O3/c1-11-7-8-12(18(23)19-2)9-14(11)20-17(22)10-15-13-5-3-4-6-16(13)24-21-15/h3-9H,10H2,1-2H3,(H,19,23)(H,20,22). The molecule has 1 aromatic heterocycles. The minimum atomic E-state index is -0.216. The average molecular weight is 323 g/mol. The molecule has 6 nitrogen and oxygen atoms in total. The molecule has 0 unspecified atom stereocenters.